The molecule has 2 amide bonds. The molecule has 2 heterocycles. The lowest BCUT2D eigenvalue weighted by molar-refractivity contribution is 0.0601. The second-order valence-corrected chi connectivity index (χ2v) is 6.90. The number of nitrogens with zero attached hydrogens (tertiary/aromatic N) is 2. The molecule has 7 nitrogen and oxygen atoms in total. The number of amides is 2. The molecule has 1 aliphatic rings. The van der Waals surface area contributed by atoms with Gasteiger partial charge in [0.25, 0.3) is 11.8 Å². The normalized spacial score (nSPS) is 16.4. The number of hydrogen-bond donors (Lipinski definition) is 1. The number of aromatic nitrogens is 1. The van der Waals surface area contributed by atoms with Crippen LogP contribution in [0.2, 0.25) is 0 Å². The average molecular weight is 381 g/mol. The van der Waals surface area contributed by atoms with Crippen LogP contribution in [0, 0.1) is 5.92 Å². The van der Waals surface area contributed by atoms with E-state index < -0.39 is 11.9 Å². The van der Waals surface area contributed by atoms with Crippen LogP contribution in [0.5, 0.6) is 0 Å². The van der Waals surface area contributed by atoms with Gasteiger partial charge in [-0.1, -0.05) is 25.1 Å². The van der Waals surface area contributed by atoms with Gasteiger partial charge in [0.1, 0.15) is 11.4 Å². The molecule has 1 aliphatic heterocycles. The first-order valence-electron chi connectivity index (χ1n) is 9.24. The van der Waals surface area contributed by atoms with Gasteiger partial charge in [-0.15, -0.1) is 0 Å². The summed E-state index contributed by atoms with van der Waals surface area (Å²) in [5.41, 5.74) is 0.911. The van der Waals surface area contributed by atoms with E-state index in [1.54, 1.807) is 41.3 Å². The molecule has 1 fully saturated rings. The van der Waals surface area contributed by atoms with Crippen molar-refractivity contribution in [3.63, 3.8) is 0 Å². The maximum Gasteiger partial charge on any atom is 0.339 e. The molecule has 28 heavy (non-hydrogen) atoms. The van der Waals surface area contributed by atoms with E-state index in [1.807, 2.05) is 0 Å². The highest BCUT2D eigenvalue weighted by molar-refractivity contribution is 6.07. The molecule has 1 atom stereocenters. The number of benzene rings is 1. The molecule has 7 heteroatoms. The summed E-state index contributed by atoms with van der Waals surface area (Å²) in [5, 5.41) is 2.67. The SMILES string of the molecule is COC(=O)c1ccccc1NC(=O)c1cccc(C(=O)N2CCCC(C)C2)n1. The van der Waals surface area contributed by atoms with Crippen LogP contribution in [0.15, 0.2) is 42.5 Å². The summed E-state index contributed by atoms with van der Waals surface area (Å²) in [5.74, 6) is -0.764. The minimum Gasteiger partial charge on any atom is -0.465 e. The Kier molecular flexibility index (Phi) is 6.03. The maximum atomic E-state index is 12.7. The maximum absolute atomic E-state index is 12.7. The van der Waals surface area contributed by atoms with Crippen LogP contribution in [-0.4, -0.2) is 47.9 Å². The first-order valence-corrected chi connectivity index (χ1v) is 9.24. The van der Waals surface area contributed by atoms with E-state index in [1.165, 1.54) is 13.2 Å². The standard InChI is InChI=1S/C21H23N3O4/c1-14-7-6-12-24(13-14)20(26)18-11-5-10-17(22-18)19(25)23-16-9-4-3-8-15(16)21(27)28-2/h3-5,8-11,14H,6-7,12-13H2,1-2H3,(H,23,25). The van der Waals surface area contributed by atoms with Crippen LogP contribution in [0.25, 0.3) is 0 Å². The Hall–Kier alpha value is -3.22. The van der Waals surface area contributed by atoms with E-state index in [2.05, 4.69) is 17.2 Å². The number of pyridine rings is 1. The lowest BCUT2D eigenvalue weighted by atomic mass is 10.00. The molecular weight excluding hydrogens is 358 g/mol. The molecule has 0 spiro atoms. The van der Waals surface area contributed by atoms with Crippen LogP contribution in [0.3, 0.4) is 0 Å². The first kappa shape index (κ1) is 19.5. The predicted octanol–water partition coefficient (Wildman–Crippen LogP) is 2.99. The van der Waals surface area contributed by atoms with Gasteiger partial charge in [0, 0.05) is 13.1 Å². The Balaban J connectivity index is 1.78. The number of esters is 1. The van der Waals surface area contributed by atoms with Crippen molar-refractivity contribution in [2.24, 2.45) is 5.92 Å². The van der Waals surface area contributed by atoms with Crippen LogP contribution >= 0.6 is 0 Å². The summed E-state index contributed by atoms with van der Waals surface area (Å²) in [6.45, 7) is 3.52. The number of para-hydroxylation sites is 1. The molecule has 1 aromatic carbocycles. The zero-order valence-electron chi connectivity index (χ0n) is 16.0. The highest BCUT2D eigenvalue weighted by atomic mass is 16.5. The molecule has 1 saturated heterocycles. The Labute approximate surface area is 163 Å². The molecular formula is C21H23N3O4. The Bertz CT molecular complexity index is 897. The zero-order chi connectivity index (χ0) is 20.1. The topological polar surface area (TPSA) is 88.6 Å². The van der Waals surface area contributed by atoms with E-state index in [9.17, 15) is 14.4 Å². The van der Waals surface area contributed by atoms with Gasteiger partial charge in [0.05, 0.1) is 18.4 Å². The fourth-order valence-electron chi connectivity index (χ4n) is 3.28. The van der Waals surface area contributed by atoms with Crippen molar-refractivity contribution in [2.45, 2.75) is 19.8 Å². The Morgan fingerprint density at radius 1 is 1.11 bits per heavy atom. The van der Waals surface area contributed by atoms with E-state index >= 15 is 0 Å². The Morgan fingerprint density at radius 2 is 1.86 bits per heavy atom. The number of rotatable bonds is 4. The van der Waals surface area contributed by atoms with E-state index in [0.717, 1.165) is 12.8 Å². The van der Waals surface area contributed by atoms with E-state index in [4.69, 9.17) is 4.74 Å². The number of carbonyl (C=O) groups is 3. The predicted molar refractivity (Wildman–Crippen MR) is 104 cm³/mol. The molecule has 1 aromatic heterocycles. The van der Waals surface area contributed by atoms with Gasteiger partial charge >= 0.3 is 5.97 Å². The first-order chi connectivity index (χ1) is 13.5. The van der Waals surface area contributed by atoms with Crippen molar-refractivity contribution in [1.29, 1.82) is 0 Å². The summed E-state index contributed by atoms with van der Waals surface area (Å²) in [6, 6.07) is 11.3. The van der Waals surface area contributed by atoms with Crippen molar-refractivity contribution < 1.29 is 19.1 Å². The third-order valence-electron chi connectivity index (χ3n) is 4.73. The van der Waals surface area contributed by atoms with E-state index in [0.29, 0.717) is 24.7 Å². The lowest BCUT2D eigenvalue weighted by Crippen LogP contribution is -2.39. The van der Waals surface area contributed by atoms with Gasteiger partial charge in [0.15, 0.2) is 0 Å². The van der Waals surface area contributed by atoms with Gasteiger partial charge in [-0.2, -0.15) is 0 Å². The molecule has 0 aliphatic carbocycles. The summed E-state index contributed by atoms with van der Waals surface area (Å²) >= 11 is 0. The van der Waals surface area contributed by atoms with Gasteiger partial charge in [-0.05, 0) is 43.0 Å². The number of hydrogen-bond acceptors (Lipinski definition) is 5. The summed E-state index contributed by atoms with van der Waals surface area (Å²) in [6.07, 6.45) is 2.08. The van der Waals surface area contributed by atoms with Crippen molar-refractivity contribution in [2.75, 3.05) is 25.5 Å². The van der Waals surface area contributed by atoms with Crippen LogP contribution in [-0.2, 0) is 4.74 Å². The largest absolute Gasteiger partial charge is 0.465 e. The van der Waals surface area contributed by atoms with Crippen molar-refractivity contribution in [3.8, 4) is 0 Å². The molecule has 0 bridgehead atoms. The lowest BCUT2D eigenvalue weighted by Gasteiger charge is -2.30. The quantitative estimate of drug-likeness (QED) is 0.823. The Morgan fingerprint density at radius 3 is 2.61 bits per heavy atom. The smallest absolute Gasteiger partial charge is 0.339 e. The zero-order valence-corrected chi connectivity index (χ0v) is 16.0. The third-order valence-corrected chi connectivity index (χ3v) is 4.73. The number of methoxy groups -OCH3 is 1. The summed E-state index contributed by atoms with van der Waals surface area (Å²) < 4.78 is 4.73. The van der Waals surface area contributed by atoms with Gasteiger partial charge in [-0.25, -0.2) is 9.78 Å². The van der Waals surface area contributed by atoms with E-state index in [-0.39, 0.29) is 22.9 Å². The molecule has 0 radical (unpaired) electrons. The second kappa shape index (κ2) is 8.65. The number of anilines is 1. The molecule has 2 aromatic rings. The molecule has 1 N–H and O–H groups in total. The number of nitrogens with one attached hydrogen (secondary N) is 1. The fraction of sp³-hybridized carbons (Fsp3) is 0.333. The number of likely N-dealkylation sites (tertiary alicyclic amines) is 1. The molecule has 3 rings (SSSR count). The van der Waals surface area contributed by atoms with Gasteiger partial charge < -0.3 is 15.0 Å². The number of ether oxygens (including phenoxy) is 1. The fourth-order valence-corrected chi connectivity index (χ4v) is 3.28. The monoisotopic (exact) mass is 381 g/mol. The molecule has 146 valence electrons. The van der Waals surface area contributed by atoms with Gasteiger partial charge in [0.2, 0.25) is 0 Å². The molecule has 1 unspecified atom stereocenters. The van der Waals surface area contributed by atoms with Crippen molar-refractivity contribution >= 4 is 23.5 Å². The number of carbonyl (C=O) groups excluding carboxylic acids is 3. The van der Waals surface area contributed by atoms with Crippen molar-refractivity contribution in [1.82, 2.24) is 9.88 Å². The minimum absolute atomic E-state index is 0.107. The minimum atomic E-state index is -0.549. The number of piperidine rings is 1. The van der Waals surface area contributed by atoms with Crippen LogP contribution < -0.4 is 5.32 Å². The molecule has 0 saturated carbocycles. The van der Waals surface area contributed by atoms with Crippen LogP contribution in [0.1, 0.15) is 51.1 Å². The third kappa shape index (κ3) is 4.36. The summed E-state index contributed by atoms with van der Waals surface area (Å²) in [7, 11) is 1.28. The average Bonchev–Trinajstić information content (AvgIpc) is 2.73. The van der Waals surface area contributed by atoms with Crippen molar-refractivity contribution in [3.05, 3.63) is 59.4 Å². The highest BCUT2D eigenvalue weighted by Crippen LogP contribution is 2.19. The second-order valence-electron chi connectivity index (χ2n) is 6.90. The highest BCUT2D eigenvalue weighted by Gasteiger charge is 2.24. The van der Waals surface area contributed by atoms with Gasteiger partial charge in [-0.3, -0.25) is 9.59 Å². The summed E-state index contributed by atoms with van der Waals surface area (Å²) in [4.78, 5) is 43.2. The van der Waals surface area contributed by atoms with Crippen LogP contribution in [0.4, 0.5) is 5.69 Å².